The van der Waals surface area contributed by atoms with Crippen molar-refractivity contribution in [1.29, 1.82) is 0 Å². The van der Waals surface area contributed by atoms with Gasteiger partial charge in [-0.1, -0.05) is 24.3 Å². The van der Waals surface area contributed by atoms with Crippen LogP contribution in [0.1, 0.15) is 220 Å². The molecule has 9 aromatic carbocycles. The zero-order valence-electron chi connectivity index (χ0n) is 83.8. The van der Waals surface area contributed by atoms with E-state index in [0.29, 0.717) is 36.9 Å². The number of hydrogen-bond donors (Lipinski definition) is 15. The van der Waals surface area contributed by atoms with Crippen molar-refractivity contribution in [2.75, 3.05) is 41.3 Å². The number of aliphatic carboxylic acids is 1. The van der Waals surface area contributed by atoms with Gasteiger partial charge in [0.05, 0.1) is 88.1 Å². The summed E-state index contributed by atoms with van der Waals surface area (Å²) in [6.45, 7) is 8.59. The number of carboxylic acids is 3. The smallest absolute Gasteiger partial charge is 0.335 e. The normalized spacial score (nSPS) is 17.4. The number of Topliss-reactive ketones (excluding diaryl/α,β-unsaturated/α-hetero) is 1. The number of aromatic amines is 9. The molecule has 18 aromatic rings. The molecule has 10 heterocycles. The van der Waals surface area contributed by atoms with Crippen molar-refractivity contribution in [2.45, 2.75) is 225 Å². The molecule has 0 amide bonds. The predicted octanol–water partition coefficient (Wildman–Crippen LogP) is 22.2. The van der Waals surface area contributed by atoms with Gasteiger partial charge in [-0.15, -0.1) is 0 Å². The zero-order valence-corrected chi connectivity index (χ0v) is 84.6. The average molecular weight is 1980 g/mol. The molecule has 1 aliphatic heterocycles. The van der Waals surface area contributed by atoms with Gasteiger partial charge in [0.1, 0.15) is 28.7 Å². The lowest BCUT2D eigenvalue weighted by Gasteiger charge is -2.18. The third-order valence-corrected chi connectivity index (χ3v) is 32.5. The molecule has 0 bridgehead atoms. The number of rotatable bonds is 8. The summed E-state index contributed by atoms with van der Waals surface area (Å²) in [6, 6.07) is 49.1. The average Bonchev–Trinajstić information content (AvgIpc) is 1.66. The van der Waals surface area contributed by atoms with Crippen molar-refractivity contribution in [3.63, 3.8) is 0 Å². The first-order valence-electron chi connectivity index (χ1n) is 50.9. The first-order valence-corrected chi connectivity index (χ1v) is 52.7. The van der Waals surface area contributed by atoms with E-state index in [1.54, 1.807) is 65.9 Å². The highest BCUT2D eigenvalue weighted by molar-refractivity contribution is 7.90. The van der Waals surface area contributed by atoms with Gasteiger partial charge < -0.3 is 99.2 Å². The number of aliphatic hydroxyl groups excluding tert-OH is 3. The molecule has 0 radical (unpaired) electrons. The molecule has 27 heteroatoms. The van der Waals surface area contributed by atoms with E-state index in [1.165, 1.54) is 202 Å². The second-order valence-electron chi connectivity index (χ2n) is 40.1. The van der Waals surface area contributed by atoms with Crippen LogP contribution in [0.25, 0.3) is 98.1 Å². The summed E-state index contributed by atoms with van der Waals surface area (Å²) >= 11 is 0. The fraction of sp³-hybridized carbons (Fsp3) is 0.356. The summed E-state index contributed by atoms with van der Waals surface area (Å²) in [5.74, 6) is 2.11. The lowest BCUT2D eigenvalue weighted by molar-refractivity contribution is -0.142. The Morgan fingerprint density at radius 3 is 1.14 bits per heavy atom. The van der Waals surface area contributed by atoms with Crippen LogP contribution in [0.4, 0.5) is 0 Å². The molecule has 0 saturated carbocycles. The third kappa shape index (κ3) is 21.0. The van der Waals surface area contributed by atoms with E-state index < -0.39 is 27.7 Å². The molecule has 9 aromatic heterocycles. The maximum absolute atomic E-state index is 11.7. The zero-order chi connectivity index (χ0) is 101. The van der Waals surface area contributed by atoms with Crippen molar-refractivity contribution < 1.29 is 81.9 Å². The van der Waals surface area contributed by atoms with E-state index in [2.05, 4.69) is 121 Å². The van der Waals surface area contributed by atoms with Gasteiger partial charge in [-0.2, -0.15) is 0 Å². The monoisotopic (exact) mass is 1980 g/mol. The summed E-state index contributed by atoms with van der Waals surface area (Å²) in [5, 5.41) is 66.9. The SMILES string of the molecule is COc1ccc2[nH]c3c(c2c1)CC(O)CC3.COc1ccc2[nH]c3c(c2c1)CCC(C(=O)O)C3.COc1ccc2[nH]c3c(c2c1)CCC3.COc1ccc2[nH]c3c(c2c1)CCCC3.COc1ccc2[nH]c3c(c2c1)CS(=O)(=O)CC3.Cc1ccc(C)c2c3c([nH]c12)CCC(O)C3.Cc1ccc2c3c([nH]c2c1C)CCC(O)C3.O=C(O)c1ccc2[nH]c3c(c2c1)CCCC3.O=C(O)c1ccc2[nH]c3c(c2c1)CCCC3=O. The molecule has 27 rings (SSSR count). The van der Waals surface area contributed by atoms with Gasteiger partial charge >= 0.3 is 17.9 Å². The highest BCUT2D eigenvalue weighted by atomic mass is 32.2. The molecule has 8 aliphatic carbocycles. The quantitative estimate of drug-likeness (QED) is 0.0672. The molecular formula is C118H129N9O17S. The van der Waals surface area contributed by atoms with E-state index >= 15 is 0 Å². The maximum atomic E-state index is 11.7. The summed E-state index contributed by atoms with van der Waals surface area (Å²) < 4.78 is 49.5. The number of carbonyl (C=O) groups excluding carboxylic acids is 1. The first kappa shape index (κ1) is 99.5. The Morgan fingerprint density at radius 1 is 0.310 bits per heavy atom. The predicted molar refractivity (Wildman–Crippen MR) is 571 cm³/mol. The lowest BCUT2D eigenvalue weighted by atomic mass is 9.87. The largest absolute Gasteiger partial charge is 0.497 e. The molecule has 0 fully saturated rings. The summed E-state index contributed by atoms with van der Waals surface area (Å²) in [6.07, 6.45) is 25.7. The number of carboxylic acid groups (broad SMARTS) is 3. The minimum absolute atomic E-state index is 0.124. The van der Waals surface area contributed by atoms with Crippen LogP contribution in [0.3, 0.4) is 0 Å². The van der Waals surface area contributed by atoms with Crippen LogP contribution in [-0.4, -0.2) is 167 Å². The number of carbonyl (C=O) groups is 4. The van der Waals surface area contributed by atoms with Gasteiger partial charge in [0, 0.05) is 182 Å². The maximum Gasteiger partial charge on any atom is 0.335 e. The number of methoxy groups -OCH3 is 5. The molecular weight excluding hydrogens is 1850 g/mol. The standard InChI is InChI=1S/C14H15NO3.2C14H17NO.C13H11NO3.C13H15NO2.C13H13NO2.C13H15NO.C12H13NO3S.C12H13NO/c1-18-9-3-5-12-11(7-9)10-4-2-8(14(16)17)6-13(10)15-12;1-8-3-5-11-12-7-10(16)4-6-13(12)15-14(11)9(8)2;1-8-3-4-9(2)14-13(8)11-7-10(16)5-6-12(11)15-14;15-11-3-1-2-8-9-6-7(13(16)17)4-5-10(9)14-12(8)11;1-16-9-3-5-13-11(7-9)10-6-8(15)2-4-12(10)14-13;15-13(16)8-5-6-12-10(7-8)9-3-1-2-4-11(9)14-12;1-15-9-6-7-13-11(8-9)10-4-2-3-5-12(10)14-13;1-16-8-2-3-11-9(6-8)10-7-17(14,15)5-4-12(10)13-11;1-14-8-5-6-12-10(7-8)9-3-2-4-11(9)13-12/h3,5,7-8,15H,2,4,6H2,1H3,(H,16,17);3,5,10,15-16H,4,6-7H2,1-2H3;3-4,10,15-16H,5-7H2,1-2H3;4-6,14H,1-3H2,(H,16,17);3,5,7-8,14-15H,2,4,6H2,1H3;5-7,14H,1-4H2,(H,15,16);6-8,14H,2-5H2,1H3;2-3,6,13H,4-5,7H2,1H3;5-7,13H,2-4H2,1H3. The number of aliphatic hydroxyl groups is 3. The van der Waals surface area contributed by atoms with Crippen molar-refractivity contribution in [3.8, 4) is 28.7 Å². The number of H-pyrrole nitrogens is 9. The van der Waals surface area contributed by atoms with Crippen LogP contribution < -0.4 is 23.7 Å². The second kappa shape index (κ2) is 42.6. The molecule has 0 spiro atoms. The number of fused-ring (bicyclic) bond motifs is 27. The first-order chi connectivity index (χ1) is 70.1. The molecule has 145 heavy (non-hydrogen) atoms. The molecule has 15 N–H and O–H groups in total. The number of benzene rings is 9. The van der Waals surface area contributed by atoms with E-state index in [4.69, 9.17) is 39.0 Å². The molecule has 4 atom stereocenters. The number of ketones is 1. The molecule has 26 nitrogen and oxygen atoms in total. The minimum atomic E-state index is -2.94. The van der Waals surface area contributed by atoms with Crippen LogP contribution in [0.15, 0.2) is 152 Å². The van der Waals surface area contributed by atoms with E-state index in [-0.39, 0.29) is 47.1 Å². The van der Waals surface area contributed by atoms with Crippen molar-refractivity contribution in [2.24, 2.45) is 5.92 Å². The number of ether oxygens (including phenoxy) is 5. The second-order valence-corrected chi connectivity index (χ2v) is 42.2. The Kier molecular flexibility index (Phi) is 29.2. The molecule has 754 valence electrons. The van der Waals surface area contributed by atoms with Crippen molar-refractivity contribution >= 4 is 132 Å². The van der Waals surface area contributed by atoms with Gasteiger partial charge in [-0.05, 0) is 362 Å². The van der Waals surface area contributed by atoms with Crippen LogP contribution >= 0.6 is 0 Å². The van der Waals surface area contributed by atoms with Crippen LogP contribution in [0.5, 0.6) is 28.7 Å². The topological polar surface area (TPSA) is 412 Å². The highest BCUT2D eigenvalue weighted by Crippen LogP contribution is 2.42. The summed E-state index contributed by atoms with van der Waals surface area (Å²) in [4.78, 5) is 75.2. The van der Waals surface area contributed by atoms with E-state index in [9.17, 15) is 42.9 Å². The Balaban J connectivity index is 0.000000103. The number of aromatic carboxylic acids is 2. The Hall–Kier alpha value is -14.3. The number of sulfone groups is 1. The number of aromatic nitrogens is 9. The Bertz CT molecular complexity index is 8100. The highest BCUT2D eigenvalue weighted by Gasteiger charge is 2.32. The van der Waals surface area contributed by atoms with Crippen LogP contribution in [-0.2, 0) is 123 Å². The van der Waals surface area contributed by atoms with Gasteiger partial charge in [0.2, 0.25) is 0 Å². The number of hydrogen-bond acceptors (Lipinski definition) is 14. The third-order valence-electron chi connectivity index (χ3n) is 30.9. The lowest BCUT2D eigenvalue weighted by Crippen LogP contribution is -2.21. The van der Waals surface area contributed by atoms with Gasteiger partial charge in [0.15, 0.2) is 15.6 Å². The van der Waals surface area contributed by atoms with Crippen molar-refractivity contribution in [1.82, 2.24) is 44.9 Å². The fourth-order valence-electron chi connectivity index (χ4n) is 23.0. The number of nitrogens with one attached hydrogen (secondary N) is 9. The van der Waals surface area contributed by atoms with E-state index in [0.717, 1.165) is 190 Å². The van der Waals surface area contributed by atoms with Gasteiger partial charge in [-0.25, -0.2) is 18.0 Å². The Morgan fingerprint density at radius 2 is 0.662 bits per heavy atom. The van der Waals surface area contributed by atoms with Gasteiger partial charge in [-0.3, -0.25) is 9.59 Å². The van der Waals surface area contributed by atoms with Crippen molar-refractivity contribution in [3.05, 3.63) is 286 Å². The summed E-state index contributed by atoms with van der Waals surface area (Å²) in [5.41, 5.74) is 38.3. The number of aryl methyl sites for hydroxylation is 16. The molecule has 9 aliphatic rings. The van der Waals surface area contributed by atoms with E-state index in [1.807, 2.05) is 72.8 Å². The van der Waals surface area contributed by atoms with Gasteiger partial charge in [0.25, 0.3) is 0 Å². The molecule has 0 saturated heterocycles. The van der Waals surface area contributed by atoms with Crippen LogP contribution in [0.2, 0.25) is 0 Å². The summed E-state index contributed by atoms with van der Waals surface area (Å²) in [7, 11) is 5.44. The Labute approximate surface area is 840 Å². The van der Waals surface area contributed by atoms with Crippen LogP contribution in [0, 0.1) is 33.6 Å². The fourth-order valence-corrected chi connectivity index (χ4v) is 24.4. The minimum Gasteiger partial charge on any atom is -0.497 e. The molecule has 4 unspecified atom stereocenters.